The first-order valence-corrected chi connectivity index (χ1v) is 22.0. The van der Waals surface area contributed by atoms with Gasteiger partial charge >= 0.3 is 18.2 Å². The van der Waals surface area contributed by atoms with Gasteiger partial charge in [-0.2, -0.15) is 0 Å². The molecular formula is C53H52N4O10. The lowest BCUT2D eigenvalue weighted by Gasteiger charge is -2.25. The van der Waals surface area contributed by atoms with Crippen molar-refractivity contribution in [1.82, 2.24) is 21.3 Å². The fourth-order valence-corrected chi connectivity index (χ4v) is 7.43. The highest BCUT2D eigenvalue weighted by Gasteiger charge is 2.32. The van der Waals surface area contributed by atoms with Gasteiger partial charge in [0.15, 0.2) is 0 Å². The van der Waals surface area contributed by atoms with Gasteiger partial charge in [-0.1, -0.05) is 133 Å². The SMILES string of the molecule is O=C(NCCC[C@@H]1NC(=O)[C@@H](NC(=O)OCc2ccccc2)Cc2cc(ccc2OCc2ccccc2)-c2ccc(OCc3ccccc3)c(c2)C[C@@H](C(=O)O)NC1=O)OCc1ccccc1. The minimum Gasteiger partial charge on any atom is -0.489 e. The molecule has 0 fully saturated rings. The van der Waals surface area contributed by atoms with Crippen LogP contribution in [0, 0.1) is 0 Å². The van der Waals surface area contributed by atoms with Gasteiger partial charge in [0.1, 0.15) is 56.1 Å². The molecule has 0 aliphatic carbocycles. The Hall–Kier alpha value is -8.13. The first kappa shape index (κ1) is 46.9. The molecule has 7 rings (SSSR count). The van der Waals surface area contributed by atoms with Crippen molar-refractivity contribution in [2.75, 3.05) is 6.54 Å². The number of fused-ring (bicyclic) bond motifs is 5. The monoisotopic (exact) mass is 904 g/mol. The second-order valence-electron chi connectivity index (χ2n) is 16.0. The van der Waals surface area contributed by atoms with Crippen molar-refractivity contribution in [3.63, 3.8) is 0 Å². The zero-order chi connectivity index (χ0) is 46.8. The fourth-order valence-electron chi connectivity index (χ4n) is 7.43. The number of amides is 4. The Morgan fingerprint density at radius 1 is 0.552 bits per heavy atom. The molecule has 0 spiro atoms. The maximum Gasteiger partial charge on any atom is 0.408 e. The van der Waals surface area contributed by atoms with E-state index < -0.39 is 48.1 Å². The highest BCUT2D eigenvalue weighted by Crippen LogP contribution is 2.33. The summed E-state index contributed by atoms with van der Waals surface area (Å²) < 4.78 is 23.5. The van der Waals surface area contributed by atoms with Crippen LogP contribution in [0.4, 0.5) is 9.59 Å². The number of rotatable bonds is 16. The molecule has 0 unspecified atom stereocenters. The lowest BCUT2D eigenvalue weighted by atomic mass is 9.95. The third kappa shape index (κ3) is 14.2. The Kier molecular flexibility index (Phi) is 16.6. The molecule has 14 heteroatoms. The lowest BCUT2D eigenvalue weighted by Crippen LogP contribution is -2.56. The van der Waals surface area contributed by atoms with Crippen LogP contribution in [-0.4, -0.2) is 59.7 Å². The van der Waals surface area contributed by atoms with Crippen molar-refractivity contribution in [2.45, 2.75) is 70.2 Å². The van der Waals surface area contributed by atoms with Crippen molar-refractivity contribution in [2.24, 2.45) is 0 Å². The largest absolute Gasteiger partial charge is 0.489 e. The van der Waals surface area contributed by atoms with Crippen LogP contribution in [0.1, 0.15) is 46.2 Å². The van der Waals surface area contributed by atoms with E-state index in [-0.39, 0.29) is 58.7 Å². The molecule has 6 aromatic carbocycles. The maximum atomic E-state index is 14.5. The average Bonchev–Trinajstić information content (AvgIpc) is 3.35. The molecule has 0 saturated heterocycles. The number of ether oxygens (including phenoxy) is 4. The van der Waals surface area contributed by atoms with Crippen LogP contribution in [0.15, 0.2) is 158 Å². The number of benzene rings is 6. The summed E-state index contributed by atoms with van der Waals surface area (Å²) in [5, 5.41) is 21.3. The van der Waals surface area contributed by atoms with E-state index in [0.717, 1.165) is 22.3 Å². The summed E-state index contributed by atoms with van der Waals surface area (Å²) in [4.78, 5) is 67.8. The number of hydrogen-bond acceptors (Lipinski definition) is 9. The Morgan fingerprint density at radius 3 is 1.51 bits per heavy atom. The molecule has 1 aliphatic rings. The Balaban J connectivity index is 1.21. The third-order valence-corrected chi connectivity index (χ3v) is 11.0. The van der Waals surface area contributed by atoms with E-state index in [4.69, 9.17) is 18.9 Å². The standard InChI is InChI=1S/C53H52N4O10/c58-49-44(22-13-27-54-52(62)66-34-38-18-9-3-10-19-38)55-50(59)45(57-53(63)67-35-39-20-11-4-12-21-39)30-42-28-40(23-25-47(42)64-32-36-14-5-1-6-15-36)41-24-26-48(65-33-37-16-7-2-8-17-37)43(29-41)31-46(56-49)51(60)61/h1-12,14-21,23-26,28-29,44-46H,13,22,27,30-35H2,(H,54,62)(H,55,59)(H,56,58)(H,57,63)(H,60,61)/t44-,45-,46-/m0/s1. The number of alkyl carbamates (subject to hydrolysis) is 2. The van der Waals surface area contributed by atoms with Crippen LogP contribution >= 0.6 is 0 Å². The zero-order valence-electron chi connectivity index (χ0n) is 36.7. The predicted molar refractivity (Wildman–Crippen MR) is 250 cm³/mol. The number of carboxylic acids is 1. The van der Waals surface area contributed by atoms with Gasteiger partial charge in [-0.3, -0.25) is 9.59 Å². The molecule has 14 nitrogen and oxygen atoms in total. The number of carbonyl (C=O) groups is 5. The summed E-state index contributed by atoms with van der Waals surface area (Å²) in [6.45, 7) is 0.459. The zero-order valence-corrected chi connectivity index (χ0v) is 36.7. The van der Waals surface area contributed by atoms with Crippen LogP contribution < -0.4 is 30.7 Å². The normalized spacial score (nSPS) is 15.9. The minimum atomic E-state index is -1.45. The van der Waals surface area contributed by atoms with Gasteiger partial charge in [0.25, 0.3) is 0 Å². The molecule has 3 atom stereocenters. The summed E-state index contributed by atoms with van der Waals surface area (Å²) in [5.74, 6) is -1.97. The minimum absolute atomic E-state index is 0.0319. The number of nitrogens with one attached hydrogen (secondary N) is 4. The van der Waals surface area contributed by atoms with Crippen LogP contribution in [0.2, 0.25) is 0 Å². The molecule has 5 N–H and O–H groups in total. The Labute approximate surface area is 388 Å². The molecule has 67 heavy (non-hydrogen) atoms. The van der Waals surface area contributed by atoms with E-state index in [1.54, 1.807) is 24.3 Å². The summed E-state index contributed by atoms with van der Waals surface area (Å²) in [7, 11) is 0. The molecule has 0 radical (unpaired) electrons. The molecule has 4 bridgehead atoms. The van der Waals surface area contributed by atoms with Gasteiger partial charge < -0.3 is 45.3 Å². The first-order valence-electron chi connectivity index (χ1n) is 22.0. The van der Waals surface area contributed by atoms with E-state index in [9.17, 15) is 29.1 Å². The first-order chi connectivity index (χ1) is 32.7. The van der Waals surface area contributed by atoms with Crippen molar-refractivity contribution >= 4 is 30.0 Å². The van der Waals surface area contributed by atoms with Crippen molar-refractivity contribution < 1.29 is 48.0 Å². The smallest absolute Gasteiger partial charge is 0.408 e. The Morgan fingerprint density at radius 2 is 1.01 bits per heavy atom. The predicted octanol–water partition coefficient (Wildman–Crippen LogP) is 7.67. The molecule has 0 saturated carbocycles. The summed E-state index contributed by atoms with van der Waals surface area (Å²) in [5.41, 5.74) is 5.82. The highest BCUT2D eigenvalue weighted by atomic mass is 16.6. The quantitative estimate of drug-likeness (QED) is 0.0603. The summed E-state index contributed by atoms with van der Waals surface area (Å²) in [6, 6.07) is 44.2. The second kappa shape index (κ2) is 23.7. The number of hydrogen-bond donors (Lipinski definition) is 5. The van der Waals surface area contributed by atoms with E-state index in [0.29, 0.717) is 33.8 Å². The highest BCUT2D eigenvalue weighted by molar-refractivity contribution is 5.93. The fraction of sp³-hybridized carbons (Fsp3) is 0.226. The molecule has 344 valence electrons. The van der Waals surface area contributed by atoms with E-state index in [2.05, 4.69) is 21.3 Å². The molecule has 0 aromatic heterocycles. The van der Waals surface area contributed by atoms with Crippen LogP contribution in [0.3, 0.4) is 0 Å². The van der Waals surface area contributed by atoms with Gasteiger partial charge in [-0.15, -0.1) is 0 Å². The van der Waals surface area contributed by atoms with Crippen molar-refractivity contribution in [1.29, 1.82) is 0 Å². The van der Waals surface area contributed by atoms with Crippen molar-refractivity contribution in [3.05, 3.63) is 191 Å². The molecule has 1 heterocycles. The second-order valence-corrected chi connectivity index (χ2v) is 16.0. The van der Waals surface area contributed by atoms with Crippen LogP contribution in [0.5, 0.6) is 11.5 Å². The van der Waals surface area contributed by atoms with E-state index in [1.807, 2.05) is 133 Å². The van der Waals surface area contributed by atoms with Gasteiger partial charge in [0.05, 0.1) is 0 Å². The molecule has 6 aromatic rings. The van der Waals surface area contributed by atoms with E-state index in [1.165, 1.54) is 0 Å². The Bertz CT molecular complexity index is 2600. The maximum absolute atomic E-state index is 14.5. The van der Waals surface area contributed by atoms with Gasteiger partial charge in [0, 0.05) is 19.4 Å². The molecule has 1 aliphatic heterocycles. The topological polar surface area (TPSA) is 191 Å². The van der Waals surface area contributed by atoms with E-state index >= 15 is 0 Å². The molecular weight excluding hydrogens is 853 g/mol. The number of aliphatic carboxylic acids is 1. The van der Waals surface area contributed by atoms with Gasteiger partial charge in [0.2, 0.25) is 11.8 Å². The third-order valence-electron chi connectivity index (χ3n) is 11.0. The van der Waals surface area contributed by atoms with Crippen LogP contribution in [-0.2, 0) is 63.1 Å². The summed E-state index contributed by atoms with van der Waals surface area (Å²) in [6.07, 6.45) is -1.69. The summed E-state index contributed by atoms with van der Waals surface area (Å²) >= 11 is 0. The number of carbonyl (C=O) groups excluding carboxylic acids is 4. The van der Waals surface area contributed by atoms with Gasteiger partial charge in [-0.05, 0) is 81.6 Å². The number of carboxylic acid groups (broad SMARTS) is 1. The van der Waals surface area contributed by atoms with Crippen LogP contribution in [0.25, 0.3) is 11.1 Å². The average molecular weight is 905 g/mol. The van der Waals surface area contributed by atoms with Crippen molar-refractivity contribution in [3.8, 4) is 22.6 Å². The molecule has 4 amide bonds. The lowest BCUT2D eigenvalue weighted by molar-refractivity contribution is -0.142. The van der Waals surface area contributed by atoms with Gasteiger partial charge in [-0.25, -0.2) is 14.4 Å².